The second-order valence-corrected chi connectivity index (χ2v) is 5.26. The molecule has 1 aromatic carbocycles. The Balaban J connectivity index is 2.43. The molecular formula is C12H10BrClO3. The van der Waals surface area contributed by atoms with Gasteiger partial charge in [-0.3, -0.25) is 9.59 Å². The lowest BCUT2D eigenvalue weighted by atomic mass is 9.83. The SMILES string of the molecule is COC(=O)C1CC(=O)c2cc(Cl)cc(Br)c2C1. The van der Waals surface area contributed by atoms with E-state index in [1.807, 2.05) is 0 Å². The summed E-state index contributed by atoms with van der Waals surface area (Å²) in [4.78, 5) is 23.4. The van der Waals surface area contributed by atoms with Crippen LogP contribution < -0.4 is 0 Å². The van der Waals surface area contributed by atoms with Gasteiger partial charge in [0.15, 0.2) is 5.78 Å². The molecule has 0 heterocycles. The van der Waals surface area contributed by atoms with Crippen molar-refractivity contribution in [3.05, 3.63) is 32.8 Å². The number of hydrogen-bond acceptors (Lipinski definition) is 3. The summed E-state index contributed by atoms with van der Waals surface area (Å²) in [6, 6.07) is 3.38. The summed E-state index contributed by atoms with van der Waals surface area (Å²) in [6.45, 7) is 0. The number of benzene rings is 1. The molecule has 1 aliphatic carbocycles. The van der Waals surface area contributed by atoms with Crippen molar-refractivity contribution in [2.45, 2.75) is 12.8 Å². The van der Waals surface area contributed by atoms with Gasteiger partial charge in [0.25, 0.3) is 0 Å². The Labute approximate surface area is 112 Å². The minimum Gasteiger partial charge on any atom is -0.469 e. The molecule has 1 aliphatic rings. The number of methoxy groups -OCH3 is 1. The van der Waals surface area contributed by atoms with Gasteiger partial charge >= 0.3 is 5.97 Å². The van der Waals surface area contributed by atoms with Gasteiger partial charge in [-0.15, -0.1) is 0 Å². The lowest BCUT2D eigenvalue weighted by Gasteiger charge is -2.22. The van der Waals surface area contributed by atoms with Crippen LogP contribution >= 0.6 is 27.5 Å². The molecule has 0 amide bonds. The lowest BCUT2D eigenvalue weighted by molar-refractivity contribution is -0.145. The fourth-order valence-electron chi connectivity index (χ4n) is 2.05. The van der Waals surface area contributed by atoms with Crippen molar-refractivity contribution in [2.24, 2.45) is 5.92 Å². The Morgan fingerprint density at radius 1 is 1.47 bits per heavy atom. The number of carbonyl (C=O) groups excluding carboxylic acids is 2. The van der Waals surface area contributed by atoms with E-state index < -0.39 is 5.92 Å². The Kier molecular flexibility index (Phi) is 3.54. The van der Waals surface area contributed by atoms with E-state index in [1.54, 1.807) is 12.1 Å². The second kappa shape index (κ2) is 4.78. The number of carbonyl (C=O) groups is 2. The van der Waals surface area contributed by atoms with Crippen molar-refractivity contribution in [3.8, 4) is 0 Å². The smallest absolute Gasteiger partial charge is 0.309 e. The molecular weight excluding hydrogens is 307 g/mol. The van der Waals surface area contributed by atoms with Crippen LogP contribution in [0.15, 0.2) is 16.6 Å². The number of esters is 1. The number of rotatable bonds is 1. The monoisotopic (exact) mass is 316 g/mol. The zero-order valence-corrected chi connectivity index (χ0v) is 11.5. The van der Waals surface area contributed by atoms with Gasteiger partial charge in [-0.2, -0.15) is 0 Å². The molecule has 0 N–H and O–H groups in total. The average Bonchev–Trinajstić information content (AvgIpc) is 2.29. The minimum absolute atomic E-state index is 0.0650. The van der Waals surface area contributed by atoms with Crippen LogP contribution in [0.2, 0.25) is 5.02 Å². The first kappa shape index (κ1) is 12.6. The molecule has 1 aromatic rings. The highest BCUT2D eigenvalue weighted by Gasteiger charge is 2.31. The van der Waals surface area contributed by atoms with Crippen molar-refractivity contribution >= 4 is 39.3 Å². The van der Waals surface area contributed by atoms with E-state index in [4.69, 9.17) is 11.6 Å². The number of Topliss-reactive ketones (excluding diaryl/α,β-unsaturated/α-hetero) is 1. The van der Waals surface area contributed by atoms with Crippen molar-refractivity contribution < 1.29 is 14.3 Å². The molecule has 0 aliphatic heterocycles. The third-order valence-electron chi connectivity index (χ3n) is 2.88. The van der Waals surface area contributed by atoms with E-state index in [0.29, 0.717) is 17.0 Å². The number of ketones is 1. The molecule has 17 heavy (non-hydrogen) atoms. The Hall–Kier alpha value is -0.870. The molecule has 0 bridgehead atoms. The third kappa shape index (κ3) is 2.38. The molecule has 0 saturated carbocycles. The standard InChI is InChI=1S/C12H10BrClO3/c1-17-12(16)6-2-8-9(11(15)3-6)4-7(14)5-10(8)13/h4-6H,2-3H2,1H3. The Morgan fingerprint density at radius 3 is 2.82 bits per heavy atom. The topological polar surface area (TPSA) is 43.4 Å². The van der Waals surface area contributed by atoms with Crippen LogP contribution in [0, 0.1) is 5.92 Å². The molecule has 0 spiro atoms. The molecule has 2 rings (SSSR count). The van der Waals surface area contributed by atoms with Gasteiger partial charge < -0.3 is 4.74 Å². The minimum atomic E-state index is -0.391. The highest BCUT2D eigenvalue weighted by atomic mass is 79.9. The highest BCUT2D eigenvalue weighted by molar-refractivity contribution is 9.10. The van der Waals surface area contributed by atoms with Crippen LogP contribution in [0.4, 0.5) is 0 Å². The summed E-state index contributed by atoms with van der Waals surface area (Å²) in [5.74, 6) is -0.798. The predicted octanol–water partition coefficient (Wildman–Crippen LogP) is 3.02. The van der Waals surface area contributed by atoms with Crippen molar-refractivity contribution in [2.75, 3.05) is 7.11 Å². The summed E-state index contributed by atoms with van der Waals surface area (Å²) in [5, 5.41) is 0.514. The van der Waals surface area contributed by atoms with Gasteiger partial charge in [-0.25, -0.2) is 0 Å². The fourth-order valence-corrected chi connectivity index (χ4v) is 3.02. The first-order valence-electron chi connectivity index (χ1n) is 5.12. The summed E-state index contributed by atoms with van der Waals surface area (Å²) < 4.78 is 5.45. The fraction of sp³-hybridized carbons (Fsp3) is 0.333. The molecule has 1 unspecified atom stereocenters. The molecule has 3 nitrogen and oxygen atoms in total. The number of hydrogen-bond donors (Lipinski definition) is 0. The molecule has 0 fully saturated rings. The van der Waals surface area contributed by atoms with Crippen LogP contribution in [0.3, 0.4) is 0 Å². The van der Waals surface area contributed by atoms with Gasteiger partial charge in [-0.05, 0) is 24.1 Å². The van der Waals surface area contributed by atoms with Crippen LogP contribution in [0.5, 0.6) is 0 Å². The molecule has 0 radical (unpaired) electrons. The van der Waals surface area contributed by atoms with Crippen molar-refractivity contribution in [1.82, 2.24) is 0 Å². The maximum atomic E-state index is 11.9. The second-order valence-electron chi connectivity index (χ2n) is 3.97. The Morgan fingerprint density at radius 2 is 2.18 bits per heavy atom. The maximum Gasteiger partial charge on any atom is 0.309 e. The zero-order chi connectivity index (χ0) is 12.6. The van der Waals surface area contributed by atoms with Gasteiger partial charge in [0.1, 0.15) is 0 Å². The van der Waals surface area contributed by atoms with Crippen LogP contribution in [0.25, 0.3) is 0 Å². The molecule has 1 atom stereocenters. The van der Waals surface area contributed by atoms with Crippen LogP contribution in [0.1, 0.15) is 22.3 Å². The van der Waals surface area contributed by atoms with E-state index in [9.17, 15) is 9.59 Å². The van der Waals surface area contributed by atoms with E-state index in [1.165, 1.54) is 7.11 Å². The van der Waals surface area contributed by atoms with Gasteiger partial charge in [0.2, 0.25) is 0 Å². The van der Waals surface area contributed by atoms with Crippen molar-refractivity contribution in [1.29, 1.82) is 0 Å². The van der Waals surface area contributed by atoms with E-state index in [2.05, 4.69) is 20.7 Å². The number of fused-ring (bicyclic) bond motifs is 1. The molecule has 5 heteroatoms. The highest BCUT2D eigenvalue weighted by Crippen LogP contribution is 2.34. The summed E-state index contributed by atoms with van der Waals surface area (Å²) in [7, 11) is 1.33. The zero-order valence-electron chi connectivity index (χ0n) is 9.13. The van der Waals surface area contributed by atoms with E-state index in [0.717, 1.165) is 10.0 Å². The first-order chi connectivity index (χ1) is 8.02. The quantitative estimate of drug-likeness (QED) is 0.748. The molecule has 0 saturated heterocycles. The number of halogens is 2. The summed E-state index contributed by atoms with van der Waals surface area (Å²) >= 11 is 9.27. The molecule has 0 aromatic heterocycles. The third-order valence-corrected chi connectivity index (χ3v) is 3.80. The average molecular weight is 318 g/mol. The first-order valence-corrected chi connectivity index (χ1v) is 6.29. The largest absolute Gasteiger partial charge is 0.469 e. The van der Waals surface area contributed by atoms with Gasteiger partial charge in [0, 0.05) is 21.5 Å². The van der Waals surface area contributed by atoms with E-state index >= 15 is 0 Å². The van der Waals surface area contributed by atoms with Gasteiger partial charge in [-0.1, -0.05) is 27.5 Å². The lowest BCUT2D eigenvalue weighted by Crippen LogP contribution is -2.27. The van der Waals surface area contributed by atoms with E-state index in [-0.39, 0.29) is 18.2 Å². The number of ether oxygens (including phenoxy) is 1. The van der Waals surface area contributed by atoms with Crippen LogP contribution in [-0.2, 0) is 16.0 Å². The van der Waals surface area contributed by atoms with Gasteiger partial charge in [0.05, 0.1) is 13.0 Å². The molecule has 90 valence electrons. The Bertz CT molecular complexity index is 499. The maximum absolute atomic E-state index is 11.9. The summed E-state index contributed by atoms with van der Waals surface area (Å²) in [6.07, 6.45) is 0.692. The van der Waals surface area contributed by atoms with Crippen LogP contribution in [-0.4, -0.2) is 18.9 Å². The summed E-state index contributed by atoms with van der Waals surface area (Å²) in [5.41, 5.74) is 1.44. The predicted molar refractivity (Wildman–Crippen MR) is 67.3 cm³/mol. The normalized spacial score (nSPS) is 18.8. The van der Waals surface area contributed by atoms with Crippen molar-refractivity contribution in [3.63, 3.8) is 0 Å².